The maximum Gasteiger partial charge on any atom is 0.307 e. The molecule has 1 aromatic heterocycles. The van der Waals surface area contributed by atoms with E-state index < -0.39 is 0 Å². The van der Waals surface area contributed by atoms with Gasteiger partial charge in [0.15, 0.2) is 0 Å². The zero-order valence-electron chi connectivity index (χ0n) is 8.32. The molecule has 0 aliphatic rings. The number of nitrogens with zero attached hydrogens (tertiary/aromatic N) is 1. The maximum atomic E-state index is 11.2. The second-order valence-electron chi connectivity index (χ2n) is 3.86. The van der Waals surface area contributed by atoms with Gasteiger partial charge in [-0.05, 0) is 6.42 Å². The molecule has 0 bridgehead atoms. The molecule has 1 heterocycles. The molecule has 0 saturated heterocycles. The van der Waals surface area contributed by atoms with Crippen molar-refractivity contribution in [3.05, 3.63) is 21.2 Å². The van der Waals surface area contributed by atoms with Crippen LogP contribution in [0.15, 0.2) is 16.4 Å². The standard InChI is InChI=1S/C9H14N2OS2/c1-9(2,7(10)13)3-4-11-5-6-14-8(11)12/h5-6H,3-4H2,1-2H3,(H2,10,13). The van der Waals surface area contributed by atoms with Gasteiger partial charge in [0.05, 0.1) is 4.99 Å². The first-order valence-electron chi connectivity index (χ1n) is 4.37. The molecule has 0 radical (unpaired) electrons. The lowest BCUT2D eigenvalue weighted by Gasteiger charge is -2.22. The normalized spacial score (nSPS) is 11.6. The average Bonchev–Trinajstić information content (AvgIpc) is 2.47. The maximum absolute atomic E-state index is 11.2. The molecule has 0 aliphatic heterocycles. The van der Waals surface area contributed by atoms with E-state index in [-0.39, 0.29) is 10.3 Å². The summed E-state index contributed by atoms with van der Waals surface area (Å²) in [6.45, 7) is 4.66. The molecular weight excluding hydrogens is 216 g/mol. The molecule has 1 rings (SSSR count). The SMILES string of the molecule is CC(C)(CCn1ccsc1=O)C(N)=S. The number of aryl methyl sites for hydroxylation is 1. The minimum absolute atomic E-state index is 0.0729. The summed E-state index contributed by atoms with van der Waals surface area (Å²) in [6, 6.07) is 0. The Morgan fingerprint density at radius 1 is 1.71 bits per heavy atom. The quantitative estimate of drug-likeness (QED) is 0.799. The fraction of sp³-hybridized carbons (Fsp3) is 0.556. The monoisotopic (exact) mass is 230 g/mol. The summed E-state index contributed by atoms with van der Waals surface area (Å²) in [4.78, 5) is 11.8. The third-order valence-corrected chi connectivity index (χ3v) is 3.54. The third-order valence-electron chi connectivity index (χ3n) is 2.29. The van der Waals surface area contributed by atoms with E-state index in [9.17, 15) is 4.79 Å². The number of hydrogen-bond acceptors (Lipinski definition) is 3. The zero-order chi connectivity index (χ0) is 10.8. The molecule has 3 nitrogen and oxygen atoms in total. The molecule has 0 aliphatic carbocycles. The lowest BCUT2D eigenvalue weighted by Crippen LogP contribution is -2.31. The Morgan fingerprint density at radius 3 is 2.79 bits per heavy atom. The van der Waals surface area contributed by atoms with Crippen LogP contribution in [0.1, 0.15) is 20.3 Å². The fourth-order valence-electron chi connectivity index (χ4n) is 0.980. The van der Waals surface area contributed by atoms with E-state index in [1.54, 1.807) is 16.1 Å². The zero-order valence-corrected chi connectivity index (χ0v) is 9.95. The Hall–Kier alpha value is -0.680. The molecule has 14 heavy (non-hydrogen) atoms. The van der Waals surface area contributed by atoms with E-state index >= 15 is 0 Å². The van der Waals surface area contributed by atoms with Crippen molar-refractivity contribution < 1.29 is 0 Å². The smallest absolute Gasteiger partial charge is 0.307 e. The minimum Gasteiger partial charge on any atom is -0.393 e. The van der Waals surface area contributed by atoms with Crippen LogP contribution in [0.4, 0.5) is 0 Å². The average molecular weight is 230 g/mol. The van der Waals surface area contributed by atoms with E-state index in [0.717, 1.165) is 6.42 Å². The first kappa shape index (κ1) is 11.4. The van der Waals surface area contributed by atoms with Gasteiger partial charge in [-0.25, -0.2) is 0 Å². The van der Waals surface area contributed by atoms with Crippen molar-refractivity contribution in [1.82, 2.24) is 4.57 Å². The minimum atomic E-state index is -0.184. The van der Waals surface area contributed by atoms with Gasteiger partial charge in [-0.15, -0.1) is 0 Å². The van der Waals surface area contributed by atoms with Gasteiger partial charge in [-0.2, -0.15) is 0 Å². The molecule has 1 aromatic rings. The lowest BCUT2D eigenvalue weighted by atomic mass is 9.89. The van der Waals surface area contributed by atoms with Gasteiger partial charge in [0, 0.05) is 23.5 Å². The van der Waals surface area contributed by atoms with Crippen LogP contribution in [0, 0.1) is 5.41 Å². The van der Waals surface area contributed by atoms with Crippen LogP contribution in [-0.4, -0.2) is 9.56 Å². The highest BCUT2D eigenvalue weighted by Gasteiger charge is 2.21. The van der Waals surface area contributed by atoms with Gasteiger partial charge in [-0.1, -0.05) is 37.4 Å². The molecule has 0 spiro atoms. The van der Waals surface area contributed by atoms with Crippen molar-refractivity contribution in [3.8, 4) is 0 Å². The Morgan fingerprint density at radius 2 is 2.36 bits per heavy atom. The van der Waals surface area contributed by atoms with Crippen molar-refractivity contribution in [2.75, 3.05) is 0 Å². The van der Waals surface area contributed by atoms with Crippen LogP contribution in [0.5, 0.6) is 0 Å². The Labute approximate surface area is 92.6 Å². The number of thiazole rings is 1. The van der Waals surface area contributed by atoms with Crippen molar-refractivity contribution in [1.29, 1.82) is 0 Å². The number of rotatable bonds is 4. The summed E-state index contributed by atoms with van der Waals surface area (Å²) in [5.74, 6) is 0. The number of thiocarbonyl (C=S) groups is 1. The molecule has 78 valence electrons. The molecule has 0 aromatic carbocycles. The fourth-order valence-corrected chi connectivity index (χ4v) is 1.69. The highest BCUT2D eigenvalue weighted by Crippen LogP contribution is 2.21. The van der Waals surface area contributed by atoms with Gasteiger partial charge in [0.25, 0.3) is 0 Å². The number of nitrogens with two attached hydrogens (primary N) is 1. The van der Waals surface area contributed by atoms with Crippen LogP contribution in [-0.2, 0) is 6.54 Å². The molecule has 0 saturated carbocycles. The molecule has 0 atom stereocenters. The number of hydrogen-bond donors (Lipinski definition) is 1. The summed E-state index contributed by atoms with van der Waals surface area (Å²) in [6.07, 6.45) is 2.58. The van der Waals surface area contributed by atoms with Gasteiger partial charge >= 0.3 is 4.87 Å². The Balaban J connectivity index is 2.62. The van der Waals surface area contributed by atoms with E-state index in [1.807, 2.05) is 13.8 Å². The van der Waals surface area contributed by atoms with Gasteiger partial charge < -0.3 is 10.3 Å². The Kier molecular flexibility index (Phi) is 3.44. The topological polar surface area (TPSA) is 48.0 Å². The van der Waals surface area contributed by atoms with Gasteiger partial charge in [-0.3, -0.25) is 4.79 Å². The van der Waals surface area contributed by atoms with E-state index in [0.29, 0.717) is 11.5 Å². The summed E-state index contributed by atoms with van der Waals surface area (Å²) in [7, 11) is 0. The van der Waals surface area contributed by atoms with Crippen molar-refractivity contribution in [2.24, 2.45) is 11.1 Å². The summed E-state index contributed by atoms with van der Waals surface area (Å²) in [5, 5.41) is 1.79. The molecule has 0 unspecified atom stereocenters. The van der Waals surface area contributed by atoms with Crippen LogP contribution in [0.2, 0.25) is 0 Å². The van der Waals surface area contributed by atoms with E-state index in [2.05, 4.69) is 0 Å². The molecule has 0 amide bonds. The predicted octanol–water partition coefficient (Wildman–Crippen LogP) is 1.61. The highest BCUT2D eigenvalue weighted by molar-refractivity contribution is 7.80. The summed E-state index contributed by atoms with van der Waals surface area (Å²) >= 11 is 6.16. The van der Waals surface area contributed by atoms with E-state index in [4.69, 9.17) is 18.0 Å². The Bertz CT molecular complexity index is 378. The summed E-state index contributed by atoms with van der Waals surface area (Å²) < 4.78 is 1.69. The molecular formula is C9H14N2OS2. The predicted molar refractivity (Wildman–Crippen MR) is 63.8 cm³/mol. The second-order valence-corrected chi connectivity index (χ2v) is 5.16. The molecule has 0 fully saturated rings. The van der Waals surface area contributed by atoms with Crippen LogP contribution in [0.3, 0.4) is 0 Å². The molecule has 2 N–H and O–H groups in total. The highest BCUT2D eigenvalue weighted by atomic mass is 32.1. The molecule has 5 heteroatoms. The summed E-state index contributed by atoms with van der Waals surface area (Å²) in [5.41, 5.74) is 5.41. The van der Waals surface area contributed by atoms with Gasteiger partial charge in [0.1, 0.15) is 0 Å². The van der Waals surface area contributed by atoms with Crippen molar-refractivity contribution >= 4 is 28.5 Å². The lowest BCUT2D eigenvalue weighted by molar-refractivity contribution is 0.433. The third kappa shape index (κ3) is 2.65. The number of aromatic nitrogens is 1. The van der Waals surface area contributed by atoms with Crippen LogP contribution < -0.4 is 10.6 Å². The van der Waals surface area contributed by atoms with Crippen molar-refractivity contribution in [3.63, 3.8) is 0 Å². The van der Waals surface area contributed by atoms with E-state index in [1.165, 1.54) is 11.3 Å². The van der Waals surface area contributed by atoms with Crippen LogP contribution >= 0.6 is 23.6 Å². The van der Waals surface area contributed by atoms with Gasteiger partial charge in [0.2, 0.25) is 0 Å². The first-order valence-corrected chi connectivity index (χ1v) is 5.66. The largest absolute Gasteiger partial charge is 0.393 e. The second kappa shape index (κ2) is 4.23. The van der Waals surface area contributed by atoms with Crippen LogP contribution in [0.25, 0.3) is 0 Å². The first-order chi connectivity index (χ1) is 6.43. The van der Waals surface area contributed by atoms with Crippen molar-refractivity contribution in [2.45, 2.75) is 26.8 Å².